The normalized spacial score (nSPS) is 12.2. The van der Waals surface area contributed by atoms with E-state index < -0.39 is 28.5 Å². The van der Waals surface area contributed by atoms with Crippen molar-refractivity contribution >= 4 is 62.3 Å². The zero-order valence-electron chi connectivity index (χ0n) is 18.5. The first-order chi connectivity index (χ1) is 15.4. The molecule has 0 aromatic heterocycles. The van der Waals surface area contributed by atoms with Crippen LogP contribution >= 0.6 is 34.8 Å². The summed E-state index contributed by atoms with van der Waals surface area (Å²) in [6.07, 6.45) is 1.74. The van der Waals surface area contributed by atoms with Gasteiger partial charge in [0.05, 0.1) is 22.0 Å². The van der Waals surface area contributed by atoms with E-state index in [1.807, 2.05) is 6.92 Å². The standard InChI is InChI=1S/C22H26Cl3N3O4S/c1-4-11-26-22(30)15(2)27(13-16-5-10-19(24)20(25)12-16)21(29)14-28(33(3,31)32)18-8-6-17(23)7-9-18/h5-10,12,15H,4,11,13-14H2,1-3H3,(H,26,30)/t15-/m0/s1. The van der Waals surface area contributed by atoms with E-state index in [4.69, 9.17) is 34.8 Å². The van der Waals surface area contributed by atoms with Crippen molar-refractivity contribution in [1.82, 2.24) is 10.2 Å². The molecule has 0 aliphatic rings. The molecular weight excluding hydrogens is 509 g/mol. The van der Waals surface area contributed by atoms with Gasteiger partial charge in [0, 0.05) is 18.1 Å². The minimum absolute atomic E-state index is 0.0364. The fourth-order valence-electron chi connectivity index (χ4n) is 3.03. The Labute approximate surface area is 209 Å². The topological polar surface area (TPSA) is 86.8 Å². The fourth-order valence-corrected chi connectivity index (χ4v) is 4.33. The number of benzene rings is 2. The molecule has 0 aliphatic heterocycles. The number of hydrogen-bond acceptors (Lipinski definition) is 4. The van der Waals surface area contributed by atoms with Crippen molar-refractivity contribution in [2.24, 2.45) is 0 Å². The van der Waals surface area contributed by atoms with Gasteiger partial charge >= 0.3 is 0 Å². The number of nitrogens with zero attached hydrogens (tertiary/aromatic N) is 2. The number of rotatable bonds is 10. The van der Waals surface area contributed by atoms with Gasteiger partial charge in [0.1, 0.15) is 12.6 Å². The van der Waals surface area contributed by atoms with Crippen LogP contribution in [0.25, 0.3) is 0 Å². The van der Waals surface area contributed by atoms with Crippen molar-refractivity contribution in [3.8, 4) is 0 Å². The molecule has 0 unspecified atom stereocenters. The summed E-state index contributed by atoms with van der Waals surface area (Å²) in [6.45, 7) is 3.51. The van der Waals surface area contributed by atoms with Gasteiger partial charge in [-0.2, -0.15) is 0 Å². The lowest BCUT2D eigenvalue weighted by Gasteiger charge is -2.31. The third-order valence-electron chi connectivity index (χ3n) is 4.85. The van der Waals surface area contributed by atoms with Gasteiger partial charge in [-0.3, -0.25) is 13.9 Å². The van der Waals surface area contributed by atoms with E-state index in [2.05, 4.69) is 5.32 Å². The zero-order valence-corrected chi connectivity index (χ0v) is 21.6. The molecular formula is C22H26Cl3N3O4S. The van der Waals surface area contributed by atoms with Gasteiger partial charge in [0.25, 0.3) is 0 Å². The minimum Gasteiger partial charge on any atom is -0.354 e. The largest absolute Gasteiger partial charge is 0.354 e. The summed E-state index contributed by atoms with van der Waals surface area (Å²) in [5.74, 6) is -0.900. The maximum atomic E-state index is 13.4. The maximum absolute atomic E-state index is 13.4. The van der Waals surface area contributed by atoms with Crippen molar-refractivity contribution < 1.29 is 18.0 Å². The van der Waals surface area contributed by atoms with Gasteiger partial charge < -0.3 is 10.2 Å². The van der Waals surface area contributed by atoms with E-state index in [1.165, 1.54) is 29.2 Å². The van der Waals surface area contributed by atoms with Crippen LogP contribution in [0.4, 0.5) is 5.69 Å². The predicted molar refractivity (Wildman–Crippen MR) is 133 cm³/mol. The summed E-state index contributed by atoms with van der Waals surface area (Å²) in [5, 5.41) is 3.87. The molecule has 1 N–H and O–H groups in total. The number of carbonyl (C=O) groups is 2. The van der Waals surface area contributed by atoms with E-state index in [1.54, 1.807) is 25.1 Å². The molecule has 2 aromatic carbocycles. The summed E-state index contributed by atoms with van der Waals surface area (Å²) >= 11 is 18.0. The van der Waals surface area contributed by atoms with Crippen LogP contribution in [-0.2, 0) is 26.2 Å². The number of anilines is 1. The molecule has 2 amide bonds. The second kappa shape index (κ2) is 11.9. The summed E-state index contributed by atoms with van der Waals surface area (Å²) in [5.41, 5.74) is 0.929. The van der Waals surface area contributed by atoms with Crippen molar-refractivity contribution in [3.63, 3.8) is 0 Å². The molecule has 1 atom stereocenters. The maximum Gasteiger partial charge on any atom is 0.244 e. The van der Waals surface area contributed by atoms with Gasteiger partial charge in [-0.15, -0.1) is 0 Å². The number of hydrogen-bond donors (Lipinski definition) is 1. The molecule has 0 saturated heterocycles. The highest BCUT2D eigenvalue weighted by Gasteiger charge is 2.30. The fraction of sp³-hybridized carbons (Fsp3) is 0.364. The Balaban J connectivity index is 2.38. The average Bonchev–Trinajstić information content (AvgIpc) is 2.75. The van der Waals surface area contributed by atoms with Crippen LogP contribution in [0.15, 0.2) is 42.5 Å². The Kier molecular flexibility index (Phi) is 9.84. The number of amides is 2. The molecule has 0 aliphatic carbocycles. The molecule has 0 spiro atoms. The average molecular weight is 535 g/mol. The summed E-state index contributed by atoms with van der Waals surface area (Å²) in [4.78, 5) is 27.3. The van der Waals surface area contributed by atoms with Crippen LogP contribution in [0.1, 0.15) is 25.8 Å². The van der Waals surface area contributed by atoms with Crippen LogP contribution in [-0.4, -0.2) is 50.5 Å². The van der Waals surface area contributed by atoms with Gasteiger partial charge in [0.2, 0.25) is 21.8 Å². The summed E-state index contributed by atoms with van der Waals surface area (Å²) in [7, 11) is -3.80. The summed E-state index contributed by atoms with van der Waals surface area (Å²) in [6, 6.07) is 10.1. The lowest BCUT2D eigenvalue weighted by Crippen LogP contribution is -2.51. The number of sulfonamides is 1. The van der Waals surface area contributed by atoms with E-state index in [9.17, 15) is 18.0 Å². The van der Waals surface area contributed by atoms with Gasteiger partial charge in [-0.05, 0) is 55.3 Å². The molecule has 2 rings (SSSR count). The van der Waals surface area contributed by atoms with E-state index in [0.29, 0.717) is 27.2 Å². The van der Waals surface area contributed by atoms with Gasteiger partial charge in [-0.1, -0.05) is 47.8 Å². The highest BCUT2D eigenvalue weighted by atomic mass is 35.5. The molecule has 2 aromatic rings. The Morgan fingerprint density at radius 3 is 2.21 bits per heavy atom. The second-order valence-corrected chi connectivity index (χ2v) is 10.6. The third kappa shape index (κ3) is 7.78. The van der Waals surface area contributed by atoms with Crippen molar-refractivity contribution in [3.05, 3.63) is 63.1 Å². The smallest absolute Gasteiger partial charge is 0.244 e. The number of carbonyl (C=O) groups excluding carboxylic acids is 2. The van der Waals surface area contributed by atoms with Gasteiger partial charge in [0.15, 0.2) is 0 Å². The van der Waals surface area contributed by atoms with E-state index in [-0.39, 0.29) is 18.1 Å². The number of halogens is 3. The lowest BCUT2D eigenvalue weighted by molar-refractivity contribution is -0.139. The third-order valence-corrected chi connectivity index (χ3v) is 6.98. The van der Waals surface area contributed by atoms with Crippen LogP contribution < -0.4 is 9.62 Å². The van der Waals surface area contributed by atoms with Crippen LogP contribution in [0.2, 0.25) is 15.1 Å². The second-order valence-electron chi connectivity index (χ2n) is 7.48. The van der Waals surface area contributed by atoms with Crippen molar-refractivity contribution in [2.45, 2.75) is 32.9 Å². The van der Waals surface area contributed by atoms with E-state index in [0.717, 1.165) is 17.0 Å². The molecule has 0 heterocycles. The highest BCUT2D eigenvalue weighted by Crippen LogP contribution is 2.25. The summed E-state index contributed by atoms with van der Waals surface area (Å²) < 4.78 is 25.9. The van der Waals surface area contributed by atoms with E-state index >= 15 is 0 Å². The molecule has 0 radical (unpaired) electrons. The van der Waals surface area contributed by atoms with Crippen LogP contribution in [0.3, 0.4) is 0 Å². The van der Waals surface area contributed by atoms with Crippen molar-refractivity contribution in [1.29, 1.82) is 0 Å². The quantitative estimate of drug-likeness (QED) is 0.491. The predicted octanol–water partition coefficient (Wildman–Crippen LogP) is 4.36. The first kappa shape index (κ1) is 27.2. The molecule has 11 heteroatoms. The molecule has 0 fully saturated rings. The Hall–Kier alpha value is -2.00. The Morgan fingerprint density at radius 1 is 1.03 bits per heavy atom. The molecule has 33 heavy (non-hydrogen) atoms. The number of nitrogens with one attached hydrogen (secondary N) is 1. The Morgan fingerprint density at radius 2 is 1.67 bits per heavy atom. The minimum atomic E-state index is -3.80. The first-order valence-electron chi connectivity index (χ1n) is 10.2. The molecule has 7 nitrogen and oxygen atoms in total. The van der Waals surface area contributed by atoms with Crippen LogP contribution in [0.5, 0.6) is 0 Å². The lowest BCUT2D eigenvalue weighted by atomic mass is 10.1. The SMILES string of the molecule is CCCNC(=O)[C@H](C)N(Cc1ccc(Cl)c(Cl)c1)C(=O)CN(c1ccc(Cl)cc1)S(C)(=O)=O. The van der Waals surface area contributed by atoms with Crippen LogP contribution in [0, 0.1) is 0 Å². The molecule has 0 saturated carbocycles. The Bertz CT molecular complexity index is 1090. The zero-order chi connectivity index (χ0) is 24.8. The molecule has 180 valence electrons. The monoisotopic (exact) mass is 533 g/mol. The highest BCUT2D eigenvalue weighted by molar-refractivity contribution is 7.92. The molecule has 0 bridgehead atoms. The van der Waals surface area contributed by atoms with Gasteiger partial charge in [-0.25, -0.2) is 8.42 Å². The van der Waals surface area contributed by atoms with Crippen molar-refractivity contribution in [2.75, 3.05) is 23.7 Å². The first-order valence-corrected chi connectivity index (χ1v) is 13.2.